The van der Waals surface area contributed by atoms with Gasteiger partial charge in [0.2, 0.25) is 0 Å². The highest BCUT2D eigenvalue weighted by atomic mass is 15.0. The highest BCUT2D eigenvalue weighted by Crippen LogP contribution is 2.58. The van der Waals surface area contributed by atoms with Gasteiger partial charge in [0.15, 0.2) is 17.5 Å². The molecular weight excluding hydrogens is 655 g/mol. The van der Waals surface area contributed by atoms with Crippen LogP contribution in [0, 0.1) is 0 Å². The number of rotatable bonds is 6. The van der Waals surface area contributed by atoms with E-state index < -0.39 is 0 Å². The van der Waals surface area contributed by atoms with E-state index in [9.17, 15) is 0 Å². The highest BCUT2D eigenvalue weighted by molar-refractivity contribution is 5.89. The molecule has 2 aliphatic rings. The zero-order valence-electron chi connectivity index (χ0n) is 30.1. The van der Waals surface area contributed by atoms with E-state index in [2.05, 4.69) is 152 Å². The van der Waals surface area contributed by atoms with Gasteiger partial charge in [-0.3, -0.25) is 0 Å². The van der Waals surface area contributed by atoms with Gasteiger partial charge in [-0.2, -0.15) is 0 Å². The van der Waals surface area contributed by atoms with Crippen LogP contribution in [0.25, 0.3) is 78.7 Å². The van der Waals surface area contributed by atoms with Crippen molar-refractivity contribution in [3.63, 3.8) is 0 Å². The molecule has 1 heterocycles. The molecule has 1 spiro atoms. The van der Waals surface area contributed by atoms with E-state index in [1.807, 2.05) is 24.3 Å². The number of nitrogens with zero attached hydrogens (tertiary/aromatic N) is 3. The number of hydrogen-bond donors (Lipinski definition) is 0. The maximum Gasteiger partial charge on any atom is 0.164 e. The van der Waals surface area contributed by atoms with Crippen LogP contribution in [-0.4, -0.2) is 15.0 Å². The fraction of sp³-hybridized carbons (Fsp3) is 0.118. The third-order valence-electron chi connectivity index (χ3n) is 11.5. The molecule has 8 aromatic rings. The normalized spacial score (nSPS) is 14.1. The van der Waals surface area contributed by atoms with Crippen molar-refractivity contribution in [2.45, 2.75) is 37.5 Å². The molecule has 1 saturated carbocycles. The summed E-state index contributed by atoms with van der Waals surface area (Å²) in [6.07, 6.45) is 6.30. The first-order chi connectivity index (χ1) is 26.7. The number of fused-ring (bicyclic) bond motifs is 5. The Labute approximate surface area is 317 Å². The Kier molecular flexibility index (Phi) is 8.06. The van der Waals surface area contributed by atoms with Gasteiger partial charge < -0.3 is 0 Å². The van der Waals surface area contributed by atoms with Gasteiger partial charge in [0.05, 0.1) is 0 Å². The average Bonchev–Trinajstić information content (AvgIpc) is 3.53. The van der Waals surface area contributed by atoms with Crippen molar-refractivity contribution in [3.05, 3.63) is 187 Å². The molecule has 1 fully saturated rings. The summed E-state index contributed by atoms with van der Waals surface area (Å²) >= 11 is 0. The van der Waals surface area contributed by atoms with Crippen LogP contribution < -0.4 is 0 Å². The number of hydrogen-bond acceptors (Lipinski definition) is 3. The number of aromatic nitrogens is 3. The lowest BCUT2D eigenvalue weighted by Gasteiger charge is -2.37. The monoisotopic (exact) mass is 693 g/mol. The molecule has 1 aromatic heterocycles. The van der Waals surface area contributed by atoms with Crippen molar-refractivity contribution >= 4 is 0 Å². The SMILES string of the molecule is c1ccc(-c2cccc(-c3nc(-c4ccccc4)nc(-c4cccc(-c5cccc(-c6cccc7c6C6(CCCCC6)c6ccccc6-7)c5)c4)n3)c2)cc1. The van der Waals surface area contributed by atoms with Crippen LogP contribution in [0.4, 0.5) is 0 Å². The van der Waals surface area contributed by atoms with Crippen molar-refractivity contribution in [2.24, 2.45) is 0 Å². The van der Waals surface area contributed by atoms with Crippen LogP contribution in [0.1, 0.15) is 43.2 Å². The molecule has 258 valence electrons. The van der Waals surface area contributed by atoms with Gasteiger partial charge in [0, 0.05) is 22.1 Å². The summed E-state index contributed by atoms with van der Waals surface area (Å²) < 4.78 is 0. The molecule has 0 saturated heterocycles. The zero-order valence-corrected chi connectivity index (χ0v) is 30.1. The summed E-state index contributed by atoms with van der Waals surface area (Å²) in [5.41, 5.74) is 16.0. The summed E-state index contributed by atoms with van der Waals surface area (Å²) in [5, 5.41) is 0. The maximum absolute atomic E-state index is 5.12. The summed E-state index contributed by atoms with van der Waals surface area (Å²) in [6, 6.07) is 62.9. The first-order valence-electron chi connectivity index (χ1n) is 19.2. The van der Waals surface area contributed by atoms with Gasteiger partial charge in [-0.1, -0.05) is 177 Å². The molecule has 10 rings (SSSR count). The van der Waals surface area contributed by atoms with Crippen LogP contribution >= 0.6 is 0 Å². The predicted molar refractivity (Wildman–Crippen MR) is 222 cm³/mol. The molecule has 0 amide bonds. The second-order valence-corrected chi connectivity index (χ2v) is 14.7. The van der Waals surface area contributed by atoms with Crippen molar-refractivity contribution in [1.29, 1.82) is 0 Å². The Balaban J connectivity index is 1.06. The standard InChI is InChI=1S/C51H39N3/c1-4-16-35(17-5-1)37-20-13-24-41(33-37)49-52-48(36-18-6-2-7-19-36)53-50(54-49)42-25-14-22-39(34-42)38-21-12-23-40(32-38)43-27-15-28-45-44-26-8-9-29-46(44)51(47(43)45)30-10-3-11-31-51/h1-2,4-9,12-29,32-34H,3,10-11,30-31H2. The average molecular weight is 694 g/mol. The minimum atomic E-state index is 0.0875. The molecule has 0 bridgehead atoms. The molecule has 0 unspecified atom stereocenters. The van der Waals surface area contributed by atoms with Gasteiger partial charge in [0.1, 0.15) is 0 Å². The Morgan fingerprint density at radius 3 is 1.39 bits per heavy atom. The molecule has 0 N–H and O–H groups in total. The minimum absolute atomic E-state index is 0.0875. The van der Waals surface area contributed by atoms with E-state index in [1.165, 1.54) is 71.0 Å². The topological polar surface area (TPSA) is 38.7 Å². The van der Waals surface area contributed by atoms with Gasteiger partial charge in [0.25, 0.3) is 0 Å². The van der Waals surface area contributed by atoms with E-state index >= 15 is 0 Å². The van der Waals surface area contributed by atoms with Crippen molar-refractivity contribution in [2.75, 3.05) is 0 Å². The third kappa shape index (κ3) is 5.64. The van der Waals surface area contributed by atoms with Crippen molar-refractivity contribution in [3.8, 4) is 78.7 Å². The Bertz CT molecular complexity index is 2640. The predicted octanol–water partition coefficient (Wildman–Crippen LogP) is 13.1. The van der Waals surface area contributed by atoms with Crippen LogP contribution in [0.3, 0.4) is 0 Å². The smallest absolute Gasteiger partial charge is 0.164 e. The van der Waals surface area contributed by atoms with Gasteiger partial charge >= 0.3 is 0 Å². The summed E-state index contributed by atoms with van der Waals surface area (Å²) in [4.78, 5) is 15.2. The lowest BCUT2D eigenvalue weighted by atomic mass is 9.66. The molecule has 3 nitrogen and oxygen atoms in total. The quantitative estimate of drug-likeness (QED) is 0.174. The van der Waals surface area contributed by atoms with E-state index in [0.29, 0.717) is 17.5 Å². The third-order valence-corrected chi connectivity index (χ3v) is 11.5. The zero-order chi connectivity index (χ0) is 35.9. The van der Waals surface area contributed by atoms with E-state index in [0.717, 1.165) is 33.4 Å². The fourth-order valence-electron chi connectivity index (χ4n) is 9.00. The Hall–Kier alpha value is -6.45. The summed E-state index contributed by atoms with van der Waals surface area (Å²) in [7, 11) is 0. The summed E-state index contributed by atoms with van der Waals surface area (Å²) in [5.74, 6) is 1.96. The van der Waals surface area contributed by atoms with E-state index in [-0.39, 0.29) is 5.41 Å². The first-order valence-corrected chi connectivity index (χ1v) is 19.2. The lowest BCUT2D eigenvalue weighted by molar-refractivity contribution is 0.353. The molecule has 0 atom stereocenters. The van der Waals surface area contributed by atoms with Crippen LogP contribution in [0.5, 0.6) is 0 Å². The van der Waals surface area contributed by atoms with Gasteiger partial charge in [-0.25, -0.2) is 15.0 Å². The molecule has 7 aromatic carbocycles. The van der Waals surface area contributed by atoms with E-state index in [1.54, 1.807) is 0 Å². The van der Waals surface area contributed by atoms with Crippen LogP contribution in [-0.2, 0) is 5.41 Å². The van der Waals surface area contributed by atoms with Gasteiger partial charge in [-0.05, 0) is 86.7 Å². The first kappa shape index (κ1) is 32.2. The molecule has 2 aliphatic carbocycles. The molecule has 0 radical (unpaired) electrons. The lowest BCUT2D eigenvalue weighted by Crippen LogP contribution is -2.28. The van der Waals surface area contributed by atoms with Crippen molar-refractivity contribution in [1.82, 2.24) is 15.0 Å². The largest absolute Gasteiger partial charge is 0.208 e. The molecule has 0 aliphatic heterocycles. The fourth-order valence-corrected chi connectivity index (χ4v) is 9.00. The molecule has 54 heavy (non-hydrogen) atoms. The minimum Gasteiger partial charge on any atom is -0.208 e. The van der Waals surface area contributed by atoms with Crippen LogP contribution in [0.2, 0.25) is 0 Å². The van der Waals surface area contributed by atoms with Crippen molar-refractivity contribution < 1.29 is 0 Å². The highest BCUT2D eigenvalue weighted by Gasteiger charge is 2.45. The van der Waals surface area contributed by atoms with E-state index in [4.69, 9.17) is 15.0 Å². The molecular formula is C51H39N3. The number of benzene rings is 7. The second kappa shape index (κ2) is 13.5. The summed E-state index contributed by atoms with van der Waals surface area (Å²) in [6.45, 7) is 0. The maximum atomic E-state index is 5.12. The Morgan fingerprint density at radius 2 is 0.741 bits per heavy atom. The van der Waals surface area contributed by atoms with Crippen LogP contribution in [0.15, 0.2) is 176 Å². The molecule has 3 heteroatoms. The Morgan fingerprint density at radius 1 is 0.315 bits per heavy atom. The van der Waals surface area contributed by atoms with Gasteiger partial charge in [-0.15, -0.1) is 0 Å². The second-order valence-electron chi connectivity index (χ2n) is 14.7.